The normalized spacial score (nSPS) is 15.4. The minimum Gasteiger partial charge on any atom is -1.00 e. The number of urea groups is 1. The molecule has 0 spiro atoms. The predicted octanol–water partition coefficient (Wildman–Crippen LogP) is -1.95. The van der Waals surface area contributed by atoms with Gasteiger partial charge in [0.25, 0.3) is 5.91 Å². The van der Waals surface area contributed by atoms with Crippen LogP contribution in [0.2, 0.25) is 0 Å². The first kappa shape index (κ1) is 27.8. The molecule has 0 saturated carbocycles. The molecule has 1 heterocycles. The molecule has 1 fully saturated rings. The molecule has 1 rings (SSSR count). The molecule has 0 aliphatic carbocycles. The maximum Gasteiger partial charge on any atom is 0.420 e. The van der Waals surface area contributed by atoms with Gasteiger partial charge in [0.05, 0.1) is 0 Å². The van der Waals surface area contributed by atoms with E-state index >= 15 is 0 Å². The van der Waals surface area contributed by atoms with Crippen molar-refractivity contribution in [2.24, 2.45) is 0 Å². The summed E-state index contributed by atoms with van der Waals surface area (Å²) in [6.07, 6.45) is 16.3. The molecular weight excluding hydrogens is 542 g/mol. The SMILES string of the molecule is CCCCCCCCC1(CCCCCCCC)[NH2+]C(=O)NC1=O.[I-].[I-]. The molecule has 25 heavy (non-hydrogen) atoms. The number of hydrogen-bond donors (Lipinski definition) is 2. The summed E-state index contributed by atoms with van der Waals surface area (Å²) in [5, 5.41) is 4.17. The van der Waals surface area contributed by atoms with Crippen LogP contribution in [0.3, 0.4) is 0 Å². The summed E-state index contributed by atoms with van der Waals surface area (Å²) >= 11 is 0. The fourth-order valence-electron chi connectivity index (χ4n) is 3.53. The number of quaternary nitrogens is 1. The zero-order chi connectivity index (χ0) is 17.0. The number of halogens is 2. The number of nitrogens with two attached hydrogens (primary N) is 1. The van der Waals surface area contributed by atoms with Crippen molar-refractivity contribution in [3.8, 4) is 0 Å². The van der Waals surface area contributed by atoms with E-state index in [9.17, 15) is 9.59 Å². The van der Waals surface area contributed by atoms with Gasteiger partial charge in [-0.25, -0.2) is 15.4 Å². The van der Waals surface area contributed by atoms with Crippen LogP contribution in [0.15, 0.2) is 0 Å². The second kappa shape index (κ2) is 16.7. The van der Waals surface area contributed by atoms with Gasteiger partial charge in [-0.15, -0.1) is 0 Å². The van der Waals surface area contributed by atoms with Gasteiger partial charge in [0.2, 0.25) is 0 Å². The van der Waals surface area contributed by atoms with Crippen molar-refractivity contribution in [2.45, 2.75) is 109 Å². The first-order chi connectivity index (χ1) is 11.1. The first-order valence-electron chi connectivity index (χ1n) is 9.86. The second-order valence-electron chi connectivity index (χ2n) is 7.15. The van der Waals surface area contributed by atoms with E-state index in [4.69, 9.17) is 0 Å². The molecule has 1 saturated heterocycles. The number of imide groups is 1. The molecule has 150 valence electrons. The summed E-state index contributed by atoms with van der Waals surface area (Å²) in [6.45, 7) is 4.44. The molecule has 1 aliphatic heterocycles. The molecule has 0 bridgehead atoms. The van der Waals surface area contributed by atoms with E-state index in [1.807, 2.05) is 0 Å². The Morgan fingerprint density at radius 3 is 1.48 bits per heavy atom. The molecule has 0 radical (unpaired) electrons. The van der Waals surface area contributed by atoms with Gasteiger partial charge in [-0.05, 0) is 12.8 Å². The fourth-order valence-corrected chi connectivity index (χ4v) is 3.53. The maximum absolute atomic E-state index is 12.3. The van der Waals surface area contributed by atoms with Crippen LogP contribution in [0.5, 0.6) is 0 Å². The molecule has 0 unspecified atom stereocenters. The Balaban J connectivity index is 0. The summed E-state index contributed by atoms with van der Waals surface area (Å²) in [5.41, 5.74) is -0.507. The quantitative estimate of drug-likeness (QED) is 0.143. The van der Waals surface area contributed by atoms with E-state index in [0.717, 1.165) is 25.7 Å². The highest BCUT2D eigenvalue weighted by atomic mass is 127. The molecular formula is C19H37I2N2O2-. The highest BCUT2D eigenvalue weighted by molar-refractivity contribution is 6.00. The lowest BCUT2D eigenvalue weighted by Crippen LogP contribution is -3.00. The van der Waals surface area contributed by atoms with Crippen LogP contribution in [0.25, 0.3) is 0 Å². The minimum absolute atomic E-state index is 0. The van der Waals surface area contributed by atoms with Crippen molar-refractivity contribution in [1.82, 2.24) is 5.32 Å². The lowest BCUT2D eigenvalue weighted by molar-refractivity contribution is -0.614. The summed E-state index contributed by atoms with van der Waals surface area (Å²) in [7, 11) is 0. The van der Waals surface area contributed by atoms with Crippen LogP contribution in [0.1, 0.15) is 104 Å². The molecule has 0 aromatic rings. The fraction of sp³-hybridized carbons (Fsp3) is 0.895. The van der Waals surface area contributed by atoms with Gasteiger partial charge in [0, 0.05) is 12.8 Å². The summed E-state index contributed by atoms with van der Waals surface area (Å²) < 4.78 is 0. The largest absolute Gasteiger partial charge is 1.00 e. The average molecular weight is 579 g/mol. The smallest absolute Gasteiger partial charge is 0.420 e. The van der Waals surface area contributed by atoms with Gasteiger partial charge < -0.3 is 48.0 Å². The molecule has 0 aromatic carbocycles. The molecule has 4 nitrogen and oxygen atoms in total. The van der Waals surface area contributed by atoms with Crippen molar-refractivity contribution < 1.29 is 62.9 Å². The van der Waals surface area contributed by atoms with Crippen LogP contribution >= 0.6 is 0 Å². The zero-order valence-electron chi connectivity index (χ0n) is 16.0. The standard InChI is InChI=1S/C19H36N2O2.2HI/c1-3-5-7-9-11-13-15-19(17(22)20-18(23)21-19)16-14-12-10-8-6-4-2;;/h3-16H2,1-2H3,(H2,20,21,22,23);2*1H/p-1. The lowest BCUT2D eigenvalue weighted by Gasteiger charge is -2.21. The lowest BCUT2D eigenvalue weighted by atomic mass is 9.86. The number of unbranched alkanes of at least 4 members (excludes halogenated alkanes) is 10. The summed E-state index contributed by atoms with van der Waals surface area (Å²) in [6, 6.07) is -0.188. The third-order valence-corrected chi connectivity index (χ3v) is 5.05. The number of hydrogen-bond acceptors (Lipinski definition) is 2. The van der Waals surface area contributed by atoms with Gasteiger partial charge in [-0.1, -0.05) is 78.1 Å². The van der Waals surface area contributed by atoms with Gasteiger partial charge in [-0.2, -0.15) is 0 Å². The number of carbonyl (C=O) groups excluding carboxylic acids is 2. The third-order valence-electron chi connectivity index (χ3n) is 5.05. The Morgan fingerprint density at radius 1 is 0.720 bits per heavy atom. The molecule has 3 amide bonds. The number of amides is 3. The highest BCUT2D eigenvalue weighted by Gasteiger charge is 2.49. The summed E-state index contributed by atoms with van der Waals surface area (Å²) in [4.78, 5) is 23.9. The third kappa shape index (κ3) is 11.1. The van der Waals surface area contributed by atoms with Crippen molar-refractivity contribution >= 4 is 11.9 Å². The van der Waals surface area contributed by atoms with Crippen LogP contribution < -0.4 is 58.6 Å². The highest BCUT2D eigenvalue weighted by Crippen LogP contribution is 2.22. The van der Waals surface area contributed by atoms with Crippen molar-refractivity contribution in [3.05, 3.63) is 0 Å². The number of nitrogens with one attached hydrogen (secondary N) is 1. The van der Waals surface area contributed by atoms with Crippen molar-refractivity contribution in [1.29, 1.82) is 0 Å². The van der Waals surface area contributed by atoms with Gasteiger partial charge in [-0.3, -0.25) is 4.79 Å². The van der Waals surface area contributed by atoms with Gasteiger partial charge in [0.1, 0.15) is 0 Å². The van der Waals surface area contributed by atoms with E-state index in [-0.39, 0.29) is 59.9 Å². The van der Waals surface area contributed by atoms with Crippen LogP contribution in [0.4, 0.5) is 4.79 Å². The van der Waals surface area contributed by atoms with E-state index < -0.39 is 5.54 Å². The predicted molar refractivity (Wildman–Crippen MR) is 94.2 cm³/mol. The zero-order valence-corrected chi connectivity index (χ0v) is 20.4. The number of rotatable bonds is 14. The molecule has 3 N–H and O–H groups in total. The van der Waals surface area contributed by atoms with Gasteiger partial charge >= 0.3 is 6.03 Å². The Hall–Kier alpha value is 0.560. The summed E-state index contributed by atoms with van der Waals surface area (Å²) in [5.74, 6) is -0.0513. The van der Waals surface area contributed by atoms with Crippen molar-refractivity contribution in [3.63, 3.8) is 0 Å². The monoisotopic (exact) mass is 579 g/mol. The molecule has 0 aromatic heterocycles. The second-order valence-corrected chi connectivity index (χ2v) is 7.15. The average Bonchev–Trinajstić information content (AvgIpc) is 2.81. The number of carbonyl (C=O) groups is 2. The van der Waals surface area contributed by atoms with Crippen LogP contribution in [-0.4, -0.2) is 17.5 Å². The van der Waals surface area contributed by atoms with E-state index in [2.05, 4.69) is 19.2 Å². The minimum atomic E-state index is -0.507. The maximum atomic E-state index is 12.3. The first-order valence-corrected chi connectivity index (χ1v) is 9.86. The molecule has 0 atom stereocenters. The Labute approximate surface area is 188 Å². The van der Waals surface area contributed by atoms with Crippen LogP contribution in [0, 0.1) is 0 Å². The van der Waals surface area contributed by atoms with Crippen LogP contribution in [-0.2, 0) is 4.79 Å². The van der Waals surface area contributed by atoms with E-state index in [0.29, 0.717) is 0 Å². The Bertz CT molecular complexity index is 349. The Morgan fingerprint density at radius 2 is 1.12 bits per heavy atom. The van der Waals surface area contributed by atoms with E-state index in [1.165, 1.54) is 64.2 Å². The Kier molecular flexibility index (Phi) is 18.6. The van der Waals surface area contributed by atoms with E-state index in [1.54, 1.807) is 5.32 Å². The van der Waals surface area contributed by atoms with Gasteiger partial charge in [0.15, 0.2) is 5.54 Å². The topological polar surface area (TPSA) is 62.8 Å². The number of primary amides is 1. The molecule has 1 aliphatic rings. The molecule has 6 heteroatoms. The van der Waals surface area contributed by atoms with Crippen molar-refractivity contribution in [2.75, 3.05) is 0 Å².